The molecule has 0 atom stereocenters. The Morgan fingerprint density at radius 1 is 1.05 bits per heavy atom. The van der Waals surface area contributed by atoms with Crippen molar-refractivity contribution in [2.24, 2.45) is 23.7 Å². The van der Waals surface area contributed by atoms with E-state index in [9.17, 15) is 13.5 Å². The Morgan fingerprint density at radius 2 is 1.58 bits per heavy atom. The Balaban J connectivity index is 1.64. The van der Waals surface area contributed by atoms with Crippen molar-refractivity contribution in [1.82, 2.24) is 0 Å². The summed E-state index contributed by atoms with van der Waals surface area (Å²) < 4.78 is 23.1. The van der Waals surface area contributed by atoms with Gasteiger partial charge >= 0.3 is 0 Å². The summed E-state index contributed by atoms with van der Waals surface area (Å²) in [6.45, 7) is 1.70. The highest BCUT2D eigenvalue weighted by Gasteiger charge is 2.55. The number of rotatable bonds is 5. The summed E-state index contributed by atoms with van der Waals surface area (Å²) in [5.74, 6) is 3.08. The van der Waals surface area contributed by atoms with Gasteiger partial charge in [-0.05, 0) is 68.6 Å². The molecular formula is C15H26O3S. The largest absolute Gasteiger partial charge is 0.389 e. The molecule has 0 amide bonds. The number of sulfone groups is 1. The third kappa shape index (κ3) is 2.46. The molecule has 3 nitrogen and oxygen atoms in total. The van der Waals surface area contributed by atoms with E-state index in [4.69, 9.17) is 0 Å². The molecule has 0 aromatic rings. The molecule has 0 heterocycles. The maximum Gasteiger partial charge on any atom is 0.150 e. The van der Waals surface area contributed by atoms with E-state index in [-0.39, 0.29) is 11.5 Å². The monoisotopic (exact) mass is 286 g/mol. The molecule has 19 heavy (non-hydrogen) atoms. The van der Waals surface area contributed by atoms with Crippen LogP contribution in [0.2, 0.25) is 0 Å². The predicted octanol–water partition coefficient (Wildman–Crippen LogP) is 2.39. The number of aliphatic hydroxyl groups is 1. The molecule has 4 fully saturated rings. The van der Waals surface area contributed by atoms with E-state index in [1.165, 1.54) is 32.1 Å². The van der Waals surface area contributed by atoms with Gasteiger partial charge in [0.05, 0.1) is 11.4 Å². The summed E-state index contributed by atoms with van der Waals surface area (Å²) in [7, 11) is -2.88. The van der Waals surface area contributed by atoms with Crippen LogP contribution < -0.4 is 0 Å². The Kier molecular flexibility index (Phi) is 3.45. The molecule has 4 saturated carbocycles. The van der Waals surface area contributed by atoms with Crippen LogP contribution in [0.3, 0.4) is 0 Å². The highest BCUT2D eigenvalue weighted by atomic mass is 32.2. The standard InChI is InChI=1S/C15H26O3S/c1-2-19(17,18)5-3-4-15(16)13-7-11-6-12(9-13)10-14(15)8-11/h11-14,16H,2-10H2,1H3. The minimum Gasteiger partial charge on any atom is -0.389 e. The zero-order valence-electron chi connectivity index (χ0n) is 11.8. The second kappa shape index (κ2) is 4.73. The van der Waals surface area contributed by atoms with E-state index in [0.29, 0.717) is 24.7 Å². The molecule has 110 valence electrons. The fourth-order valence-corrected chi connectivity index (χ4v) is 6.00. The predicted molar refractivity (Wildman–Crippen MR) is 75.6 cm³/mol. The lowest BCUT2D eigenvalue weighted by Gasteiger charge is -2.59. The Bertz CT molecular complexity index is 412. The van der Waals surface area contributed by atoms with Crippen LogP contribution in [0.1, 0.15) is 51.9 Å². The molecule has 4 heteroatoms. The van der Waals surface area contributed by atoms with Gasteiger partial charge in [-0.3, -0.25) is 0 Å². The second-order valence-electron chi connectivity index (χ2n) is 7.14. The minimum absolute atomic E-state index is 0.225. The van der Waals surface area contributed by atoms with Crippen LogP contribution in [-0.4, -0.2) is 30.6 Å². The molecule has 4 aliphatic rings. The van der Waals surface area contributed by atoms with Crippen LogP contribution in [-0.2, 0) is 9.84 Å². The zero-order chi connectivity index (χ0) is 13.7. The SMILES string of the molecule is CCS(=O)(=O)CCCC1(O)C2CC3CC(C2)CC1C3. The number of hydrogen-bond donors (Lipinski definition) is 1. The normalized spacial score (nSPS) is 44.7. The Hall–Kier alpha value is -0.0900. The Labute approximate surface area is 116 Å². The molecule has 0 aliphatic heterocycles. The summed E-state index contributed by atoms with van der Waals surface area (Å²) in [4.78, 5) is 0. The first-order valence-corrected chi connectivity index (χ1v) is 9.68. The molecule has 0 aromatic carbocycles. The van der Waals surface area contributed by atoms with Crippen LogP contribution in [0, 0.1) is 23.7 Å². The molecule has 0 radical (unpaired) electrons. The lowest BCUT2D eigenvalue weighted by Crippen LogP contribution is -2.57. The molecule has 4 aliphatic carbocycles. The van der Waals surface area contributed by atoms with Crippen molar-refractivity contribution in [3.05, 3.63) is 0 Å². The van der Waals surface area contributed by atoms with Gasteiger partial charge in [0.25, 0.3) is 0 Å². The highest BCUT2D eigenvalue weighted by Crippen LogP contribution is 2.59. The van der Waals surface area contributed by atoms with E-state index in [1.54, 1.807) is 6.92 Å². The smallest absolute Gasteiger partial charge is 0.150 e. The molecule has 1 N–H and O–H groups in total. The zero-order valence-corrected chi connectivity index (χ0v) is 12.7. The van der Waals surface area contributed by atoms with E-state index < -0.39 is 15.4 Å². The Morgan fingerprint density at radius 3 is 2.05 bits per heavy atom. The lowest BCUT2D eigenvalue weighted by molar-refractivity contribution is -0.176. The van der Waals surface area contributed by atoms with Gasteiger partial charge < -0.3 is 5.11 Å². The van der Waals surface area contributed by atoms with Crippen molar-refractivity contribution in [3.8, 4) is 0 Å². The first-order valence-electron chi connectivity index (χ1n) is 7.85. The van der Waals surface area contributed by atoms with Gasteiger partial charge in [0, 0.05) is 5.75 Å². The number of hydrogen-bond acceptors (Lipinski definition) is 3. The van der Waals surface area contributed by atoms with Gasteiger partial charge in [0.2, 0.25) is 0 Å². The molecule has 0 unspecified atom stereocenters. The average Bonchev–Trinajstić information content (AvgIpc) is 2.35. The molecule has 0 spiro atoms. The molecule has 4 rings (SSSR count). The van der Waals surface area contributed by atoms with Gasteiger partial charge in [-0.15, -0.1) is 0 Å². The van der Waals surface area contributed by atoms with Crippen molar-refractivity contribution in [1.29, 1.82) is 0 Å². The first-order chi connectivity index (χ1) is 8.93. The van der Waals surface area contributed by atoms with E-state index in [0.717, 1.165) is 11.8 Å². The van der Waals surface area contributed by atoms with Gasteiger partial charge in [-0.2, -0.15) is 0 Å². The fourth-order valence-electron chi connectivity index (χ4n) is 5.13. The topological polar surface area (TPSA) is 54.4 Å². The van der Waals surface area contributed by atoms with Crippen LogP contribution in [0.4, 0.5) is 0 Å². The van der Waals surface area contributed by atoms with Crippen LogP contribution in [0.5, 0.6) is 0 Å². The lowest BCUT2D eigenvalue weighted by atomic mass is 9.49. The summed E-state index contributed by atoms with van der Waals surface area (Å²) >= 11 is 0. The van der Waals surface area contributed by atoms with Crippen molar-refractivity contribution < 1.29 is 13.5 Å². The van der Waals surface area contributed by atoms with Crippen LogP contribution >= 0.6 is 0 Å². The maximum atomic E-state index is 11.6. The van der Waals surface area contributed by atoms with Gasteiger partial charge in [-0.25, -0.2) is 8.42 Å². The molecule has 0 saturated heterocycles. The van der Waals surface area contributed by atoms with Gasteiger partial charge in [0.15, 0.2) is 0 Å². The third-order valence-corrected chi connectivity index (χ3v) is 7.81. The van der Waals surface area contributed by atoms with Crippen LogP contribution in [0.15, 0.2) is 0 Å². The van der Waals surface area contributed by atoms with Crippen molar-refractivity contribution in [3.63, 3.8) is 0 Å². The van der Waals surface area contributed by atoms with Crippen molar-refractivity contribution in [2.45, 2.75) is 57.5 Å². The summed E-state index contributed by atoms with van der Waals surface area (Å²) in [6, 6.07) is 0. The average molecular weight is 286 g/mol. The third-order valence-electron chi connectivity index (χ3n) is 6.02. The van der Waals surface area contributed by atoms with Crippen molar-refractivity contribution >= 4 is 9.84 Å². The first kappa shape index (κ1) is 13.9. The molecular weight excluding hydrogens is 260 g/mol. The van der Waals surface area contributed by atoms with E-state index >= 15 is 0 Å². The minimum atomic E-state index is -2.88. The van der Waals surface area contributed by atoms with E-state index in [1.807, 2.05) is 0 Å². The second-order valence-corrected chi connectivity index (χ2v) is 9.61. The summed E-state index contributed by atoms with van der Waals surface area (Å²) in [5.41, 5.74) is -0.545. The van der Waals surface area contributed by atoms with E-state index in [2.05, 4.69) is 0 Å². The summed E-state index contributed by atoms with van der Waals surface area (Å²) in [6.07, 6.45) is 7.45. The van der Waals surface area contributed by atoms with Gasteiger partial charge in [0.1, 0.15) is 9.84 Å². The highest BCUT2D eigenvalue weighted by molar-refractivity contribution is 7.91. The fraction of sp³-hybridized carbons (Fsp3) is 1.00. The van der Waals surface area contributed by atoms with Crippen molar-refractivity contribution in [2.75, 3.05) is 11.5 Å². The molecule has 0 aromatic heterocycles. The molecule has 4 bridgehead atoms. The van der Waals surface area contributed by atoms with Crippen LogP contribution in [0.25, 0.3) is 0 Å². The summed E-state index contributed by atoms with van der Waals surface area (Å²) in [5, 5.41) is 11.1. The van der Waals surface area contributed by atoms with Gasteiger partial charge in [-0.1, -0.05) is 6.92 Å². The quantitative estimate of drug-likeness (QED) is 0.844. The maximum absolute atomic E-state index is 11.6.